The highest BCUT2D eigenvalue weighted by Crippen LogP contribution is 2.46. The van der Waals surface area contributed by atoms with Gasteiger partial charge in [-0.25, -0.2) is 4.79 Å². The predicted molar refractivity (Wildman–Crippen MR) is 107 cm³/mol. The Morgan fingerprint density at radius 3 is 2.59 bits per heavy atom. The molecule has 3 nitrogen and oxygen atoms in total. The third kappa shape index (κ3) is 4.02. The van der Waals surface area contributed by atoms with Crippen LogP contribution in [0.5, 0.6) is 0 Å². The molecule has 1 aliphatic heterocycles. The van der Waals surface area contributed by atoms with E-state index < -0.39 is 23.3 Å². The van der Waals surface area contributed by atoms with Crippen molar-refractivity contribution in [2.45, 2.75) is 51.7 Å². The lowest BCUT2D eigenvalue weighted by atomic mass is 9.79. The second kappa shape index (κ2) is 7.55. The van der Waals surface area contributed by atoms with Crippen molar-refractivity contribution >= 4 is 29.2 Å². The van der Waals surface area contributed by atoms with Gasteiger partial charge in [0, 0.05) is 29.1 Å². The number of ether oxygens (including phenoxy) is 1. The smallest absolute Gasteiger partial charge is 0.412 e. The van der Waals surface area contributed by atoms with Gasteiger partial charge in [0.1, 0.15) is 0 Å². The van der Waals surface area contributed by atoms with Crippen LogP contribution in [0.1, 0.15) is 40.0 Å². The molecule has 2 unspecified atom stereocenters. The number of hydrogen-bond donors (Lipinski definition) is 1. The number of allylic oxidation sites excluding steroid dienone is 5. The van der Waals surface area contributed by atoms with Crippen LogP contribution in [0.15, 0.2) is 55.8 Å². The van der Waals surface area contributed by atoms with Gasteiger partial charge >= 0.3 is 12.1 Å². The number of rotatable bonds is 3. The van der Waals surface area contributed by atoms with Crippen LogP contribution in [0.4, 0.5) is 13.2 Å². The molecule has 0 radical (unpaired) electrons. The Balaban J connectivity index is 1.95. The summed E-state index contributed by atoms with van der Waals surface area (Å²) >= 11 is 13.0. The normalized spacial score (nSPS) is 27.6. The van der Waals surface area contributed by atoms with E-state index in [0.717, 1.165) is 5.57 Å². The van der Waals surface area contributed by atoms with E-state index in [1.54, 1.807) is 13.8 Å². The van der Waals surface area contributed by atoms with E-state index in [1.165, 1.54) is 13.2 Å². The molecule has 2 aliphatic carbocycles. The molecule has 0 amide bonds. The number of alkyl halides is 3. The number of methoxy groups -OCH3 is 1. The van der Waals surface area contributed by atoms with E-state index in [-0.39, 0.29) is 23.8 Å². The van der Waals surface area contributed by atoms with Crippen LogP contribution < -0.4 is 5.32 Å². The van der Waals surface area contributed by atoms with Crippen molar-refractivity contribution in [2.75, 3.05) is 7.11 Å². The fourth-order valence-electron chi connectivity index (χ4n) is 4.25. The highest BCUT2D eigenvalue weighted by Gasteiger charge is 2.45. The summed E-state index contributed by atoms with van der Waals surface area (Å²) in [5, 5.41) is 4.03. The molecular formula is C21H22Cl2F3NO2. The maximum atomic E-state index is 13.3. The Bertz CT molecular complexity index is 925. The Labute approximate surface area is 178 Å². The SMILES string of the molecule is COC(=O)C1=C(Cl)C(CC2=CC3=C(C)C=C(C(F)(F)F)CC3(C)N2)=C(Cl)C(C)C1. The van der Waals surface area contributed by atoms with Crippen molar-refractivity contribution in [1.29, 1.82) is 0 Å². The van der Waals surface area contributed by atoms with Gasteiger partial charge in [0.25, 0.3) is 0 Å². The standard InChI is InChI=1S/C21H22Cl2F3NO2/c1-10-5-12(21(24,25)26)9-20(3)16(10)8-13(27-20)7-14-17(22)11(2)6-15(18(14)23)19(28)29-4/h5,8,11,27H,6-7,9H2,1-4H3. The Hall–Kier alpha value is -1.66. The molecule has 0 aromatic rings. The molecule has 3 aliphatic rings. The zero-order valence-corrected chi connectivity index (χ0v) is 18.1. The quantitative estimate of drug-likeness (QED) is 0.536. The first-order valence-corrected chi connectivity index (χ1v) is 9.96. The Morgan fingerprint density at radius 2 is 2.00 bits per heavy atom. The van der Waals surface area contributed by atoms with Crippen molar-refractivity contribution in [3.63, 3.8) is 0 Å². The number of hydrogen-bond acceptors (Lipinski definition) is 3. The van der Waals surface area contributed by atoms with Crippen LogP contribution in [0.25, 0.3) is 0 Å². The van der Waals surface area contributed by atoms with E-state index in [0.29, 0.717) is 33.9 Å². The average molecular weight is 448 g/mol. The van der Waals surface area contributed by atoms with E-state index in [4.69, 9.17) is 27.9 Å². The van der Waals surface area contributed by atoms with Gasteiger partial charge in [0.15, 0.2) is 0 Å². The van der Waals surface area contributed by atoms with Crippen LogP contribution in [0.3, 0.4) is 0 Å². The molecule has 0 aromatic heterocycles. The largest absolute Gasteiger partial charge is 0.466 e. The molecule has 0 saturated heterocycles. The second-order valence-corrected chi connectivity index (χ2v) is 8.75. The highest BCUT2D eigenvalue weighted by molar-refractivity contribution is 6.37. The summed E-state index contributed by atoms with van der Waals surface area (Å²) in [4.78, 5) is 12.1. The average Bonchev–Trinajstić information content (AvgIpc) is 2.97. The third-order valence-corrected chi connectivity index (χ3v) is 6.69. The van der Waals surface area contributed by atoms with Crippen molar-refractivity contribution in [1.82, 2.24) is 5.32 Å². The maximum absolute atomic E-state index is 13.3. The number of nitrogens with one attached hydrogen (secondary N) is 1. The minimum absolute atomic E-state index is 0.109. The van der Waals surface area contributed by atoms with Crippen LogP contribution in [-0.4, -0.2) is 24.8 Å². The Kier molecular flexibility index (Phi) is 5.73. The first-order chi connectivity index (χ1) is 13.4. The number of carbonyl (C=O) groups is 1. The summed E-state index contributed by atoms with van der Waals surface area (Å²) < 4.78 is 44.7. The molecule has 0 spiro atoms. The van der Waals surface area contributed by atoms with E-state index in [2.05, 4.69) is 5.32 Å². The first-order valence-electron chi connectivity index (χ1n) is 9.21. The van der Waals surface area contributed by atoms with Gasteiger partial charge in [-0.1, -0.05) is 36.2 Å². The van der Waals surface area contributed by atoms with Gasteiger partial charge in [-0.2, -0.15) is 13.2 Å². The van der Waals surface area contributed by atoms with Crippen LogP contribution in [0, 0.1) is 5.92 Å². The molecule has 0 fully saturated rings. The van der Waals surface area contributed by atoms with Crippen molar-refractivity contribution in [3.05, 3.63) is 55.8 Å². The van der Waals surface area contributed by atoms with Crippen molar-refractivity contribution in [3.8, 4) is 0 Å². The van der Waals surface area contributed by atoms with Gasteiger partial charge in [-0.05, 0) is 49.0 Å². The lowest BCUT2D eigenvalue weighted by molar-refractivity contribution is -0.136. The zero-order valence-electron chi connectivity index (χ0n) is 16.6. The van der Waals surface area contributed by atoms with Gasteiger partial charge in [0.05, 0.1) is 23.3 Å². The number of carbonyl (C=O) groups excluding carboxylic acids is 1. The number of fused-ring (bicyclic) bond motifs is 1. The summed E-state index contributed by atoms with van der Waals surface area (Å²) in [5.41, 5.74) is 1.64. The van der Waals surface area contributed by atoms with Crippen molar-refractivity contribution in [2.24, 2.45) is 5.92 Å². The minimum Gasteiger partial charge on any atom is -0.466 e. The molecule has 8 heteroatoms. The molecule has 0 bridgehead atoms. The monoisotopic (exact) mass is 447 g/mol. The number of esters is 1. The first kappa shape index (κ1) is 22.0. The zero-order chi connectivity index (χ0) is 21.7. The molecule has 0 aromatic carbocycles. The van der Waals surface area contributed by atoms with Gasteiger partial charge < -0.3 is 10.1 Å². The summed E-state index contributed by atoms with van der Waals surface area (Å²) in [6, 6.07) is 0. The van der Waals surface area contributed by atoms with Gasteiger partial charge in [-0.3, -0.25) is 0 Å². The second-order valence-electron chi connectivity index (χ2n) is 7.96. The van der Waals surface area contributed by atoms with E-state index in [1.807, 2.05) is 13.0 Å². The lowest BCUT2D eigenvalue weighted by Gasteiger charge is -2.34. The fraction of sp³-hybridized carbons (Fsp3) is 0.476. The topological polar surface area (TPSA) is 38.3 Å². The summed E-state index contributed by atoms with van der Waals surface area (Å²) in [5.74, 6) is -0.613. The van der Waals surface area contributed by atoms with E-state index >= 15 is 0 Å². The van der Waals surface area contributed by atoms with E-state index in [9.17, 15) is 18.0 Å². The molecule has 1 N–H and O–H groups in total. The molecule has 2 atom stereocenters. The summed E-state index contributed by atoms with van der Waals surface area (Å²) in [6.07, 6.45) is -0.806. The number of halogens is 5. The minimum atomic E-state index is -4.37. The lowest BCUT2D eigenvalue weighted by Crippen LogP contribution is -2.42. The molecular weight excluding hydrogens is 426 g/mol. The predicted octanol–water partition coefficient (Wildman–Crippen LogP) is 6.03. The Morgan fingerprint density at radius 1 is 1.34 bits per heavy atom. The summed E-state index contributed by atoms with van der Waals surface area (Å²) in [7, 11) is 1.29. The van der Waals surface area contributed by atoms with Crippen molar-refractivity contribution < 1.29 is 22.7 Å². The molecule has 1 heterocycles. The third-order valence-electron chi connectivity index (χ3n) is 5.63. The maximum Gasteiger partial charge on any atom is 0.412 e. The van der Waals surface area contributed by atoms with Crippen LogP contribution in [-0.2, 0) is 9.53 Å². The summed E-state index contributed by atoms with van der Waals surface area (Å²) in [6.45, 7) is 5.32. The fourth-order valence-corrected chi connectivity index (χ4v) is 4.86. The van der Waals surface area contributed by atoms with Gasteiger partial charge in [-0.15, -0.1) is 0 Å². The molecule has 29 heavy (non-hydrogen) atoms. The molecule has 3 rings (SSSR count). The van der Waals surface area contributed by atoms with Gasteiger partial charge in [0.2, 0.25) is 0 Å². The van der Waals surface area contributed by atoms with Crippen LogP contribution in [0.2, 0.25) is 0 Å². The van der Waals surface area contributed by atoms with Crippen LogP contribution >= 0.6 is 23.2 Å². The highest BCUT2D eigenvalue weighted by atomic mass is 35.5. The molecule has 0 saturated carbocycles. The molecule has 158 valence electrons.